The highest BCUT2D eigenvalue weighted by Crippen LogP contribution is 2.21. The lowest BCUT2D eigenvalue weighted by atomic mass is 10.1. The zero-order chi connectivity index (χ0) is 13.8. The fraction of sp³-hybridized carbons (Fsp3) is 0.214. The van der Waals surface area contributed by atoms with Crippen LogP contribution in [0.25, 0.3) is 0 Å². The molecule has 100 valence electrons. The molecule has 5 heteroatoms. The van der Waals surface area contributed by atoms with Crippen molar-refractivity contribution in [1.82, 2.24) is 4.98 Å². The van der Waals surface area contributed by atoms with Crippen LogP contribution in [0, 0.1) is 11.6 Å². The second-order valence-corrected chi connectivity index (χ2v) is 4.36. The van der Waals surface area contributed by atoms with Gasteiger partial charge in [0.2, 0.25) is 5.88 Å². The maximum atomic E-state index is 13.0. The smallest absolute Gasteiger partial charge is 0.219 e. The van der Waals surface area contributed by atoms with Gasteiger partial charge in [-0.15, -0.1) is 0 Å². The van der Waals surface area contributed by atoms with Gasteiger partial charge in [0.05, 0.1) is 0 Å². The number of halogens is 2. The lowest BCUT2D eigenvalue weighted by Crippen LogP contribution is -2.17. The maximum absolute atomic E-state index is 13.0. The summed E-state index contributed by atoms with van der Waals surface area (Å²) in [4.78, 5) is 4.09. The molecule has 1 aromatic carbocycles. The quantitative estimate of drug-likeness (QED) is 0.923. The zero-order valence-electron chi connectivity index (χ0n) is 10.4. The molecule has 1 heterocycles. The summed E-state index contributed by atoms with van der Waals surface area (Å²) in [5.41, 5.74) is 6.67. The van der Waals surface area contributed by atoms with Gasteiger partial charge >= 0.3 is 0 Å². The van der Waals surface area contributed by atoms with Crippen molar-refractivity contribution in [2.24, 2.45) is 5.73 Å². The molecule has 1 unspecified atom stereocenters. The molecule has 0 aliphatic rings. The van der Waals surface area contributed by atoms with E-state index in [4.69, 9.17) is 10.5 Å². The second-order valence-electron chi connectivity index (χ2n) is 4.36. The Balaban J connectivity index is 2.08. The van der Waals surface area contributed by atoms with Gasteiger partial charge in [-0.05, 0) is 31.0 Å². The summed E-state index contributed by atoms with van der Waals surface area (Å²) in [5.74, 6) is -1.34. The Labute approximate surface area is 110 Å². The van der Waals surface area contributed by atoms with E-state index in [2.05, 4.69) is 4.98 Å². The Hall–Kier alpha value is -2.01. The second kappa shape index (κ2) is 5.75. The first kappa shape index (κ1) is 13.4. The van der Waals surface area contributed by atoms with Crippen molar-refractivity contribution in [2.75, 3.05) is 0 Å². The van der Waals surface area contributed by atoms with Gasteiger partial charge in [0.25, 0.3) is 0 Å². The molecule has 19 heavy (non-hydrogen) atoms. The van der Waals surface area contributed by atoms with Crippen LogP contribution < -0.4 is 10.5 Å². The van der Waals surface area contributed by atoms with E-state index in [0.29, 0.717) is 5.88 Å². The van der Waals surface area contributed by atoms with Crippen molar-refractivity contribution in [3.05, 3.63) is 53.7 Å². The number of rotatable bonds is 4. The van der Waals surface area contributed by atoms with E-state index in [1.54, 1.807) is 12.3 Å². The van der Waals surface area contributed by atoms with E-state index in [9.17, 15) is 8.78 Å². The molecule has 0 saturated carbocycles. The number of ether oxygens (including phenoxy) is 1. The topological polar surface area (TPSA) is 48.1 Å². The molecule has 0 radical (unpaired) electrons. The third-order valence-electron chi connectivity index (χ3n) is 2.47. The van der Waals surface area contributed by atoms with Crippen LogP contribution in [0.5, 0.6) is 11.6 Å². The van der Waals surface area contributed by atoms with Gasteiger partial charge < -0.3 is 10.5 Å². The SMILES string of the molecule is CC(N)Cc1ccc(Oc2ccc(F)c(F)c2)nc1. The van der Waals surface area contributed by atoms with Crippen molar-refractivity contribution in [2.45, 2.75) is 19.4 Å². The Morgan fingerprint density at radius 1 is 1.21 bits per heavy atom. The fourth-order valence-electron chi connectivity index (χ4n) is 1.62. The largest absolute Gasteiger partial charge is 0.439 e. The monoisotopic (exact) mass is 264 g/mol. The third-order valence-corrected chi connectivity index (χ3v) is 2.47. The first-order valence-electron chi connectivity index (χ1n) is 5.88. The van der Waals surface area contributed by atoms with E-state index in [1.807, 2.05) is 13.0 Å². The molecule has 1 atom stereocenters. The van der Waals surface area contributed by atoms with E-state index < -0.39 is 11.6 Å². The fourth-order valence-corrected chi connectivity index (χ4v) is 1.62. The van der Waals surface area contributed by atoms with Crippen molar-refractivity contribution >= 4 is 0 Å². The van der Waals surface area contributed by atoms with Crippen LogP contribution in [0.1, 0.15) is 12.5 Å². The molecule has 0 saturated heterocycles. The average molecular weight is 264 g/mol. The minimum atomic E-state index is -0.953. The number of hydrogen-bond acceptors (Lipinski definition) is 3. The normalized spacial score (nSPS) is 12.2. The lowest BCUT2D eigenvalue weighted by Gasteiger charge is -2.07. The highest BCUT2D eigenvalue weighted by molar-refractivity contribution is 5.29. The van der Waals surface area contributed by atoms with Gasteiger partial charge in [0, 0.05) is 24.4 Å². The maximum Gasteiger partial charge on any atom is 0.219 e. The first-order valence-corrected chi connectivity index (χ1v) is 5.88. The molecule has 0 aliphatic carbocycles. The van der Waals surface area contributed by atoms with E-state index >= 15 is 0 Å². The predicted molar refractivity (Wildman–Crippen MR) is 68.0 cm³/mol. The van der Waals surface area contributed by atoms with E-state index in [0.717, 1.165) is 24.1 Å². The highest BCUT2D eigenvalue weighted by atomic mass is 19.2. The van der Waals surface area contributed by atoms with Gasteiger partial charge in [0.1, 0.15) is 5.75 Å². The summed E-state index contributed by atoms with van der Waals surface area (Å²) in [5, 5.41) is 0. The summed E-state index contributed by atoms with van der Waals surface area (Å²) in [6, 6.07) is 6.89. The summed E-state index contributed by atoms with van der Waals surface area (Å²) >= 11 is 0. The minimum absolute atomic E-state index is 0.0553. The molecule has 0 amide bonds. The van der Waals surface area contributed by atoms with Gasteiger partial charge in [-0.25, -0.2) is 13.8 Å². The third kappa shape index (κ3) is 3.72. The molecule has 0 bridgehead atoms. The summed E-state index contributed by atoms with van der Waals surface area (Å²) < 4.78 is 31.1. The number of hydrogen-bond donors (Lipinski definition) is 1. The van der Waals surface area contributed by atoms with Crippen LogP contribution in [0.4, 0.5) is 8.78 Å². The molecule has 2 rings (SSSR count). The van der Waals surface area contributed by atoms with Gasteiger partial charge in [-0.1, -0.05) is 6.07 Å². The van der Waals surface area contributed by atoms with Crippen LogP contribution in [0.3, 0.4) is 0 Å². The Morgan fingerprint density at radius 2 is 2.00 bits per heavy atom. The average Bonchev–Trinajstić information content (AvgIpc) is 2.36. The minimum Gasteiger partial charge on any atom is -0.439 e. The molecule has 0 aliphatic heterocycles. The van der Waals surface area contributed by atoms with Crippen molar-refractivity contribution in [3.8, 4) is 11.6 Å². The van der Waals surface area contributed by atoms with Crippen LogP contribution >= 0.6 is 0 Å². The molecule has 0 fully saturated rings. The van der Waals surface area contributed by atoms with Gasteiger partial charge in [-0.2, -0.15) is 0 Å². The summed E-state index contributed by atoms with van der Waals surface area (Å²) in [6.07, 6.45) is 2.37. The number of pyridine rings is 1. The van der Waals surface area contributed by atoms with Crippen LogP contribution in [0.15, 0.2) is 36.5 Å². The molecule has 2 N–H and O–H groups in total. The first-order chi connectivity index (χ1) is 9.04. The van der Waals surface area contributed by atoms with Crippen LogP contribution in [-0.2, 0) is 6.42 Å². The van der Waals surface area contributed by atoms with Crippen LogP contribution in [-0.4, -0.2) is 11.0 Å². The molecule has 1 aromatic heterocycles. The van der Waals surface area contributed by atoms with Gasteiger partial charge in [-0.3, -0.25) is 0 Å². The van der Waals surface area contributed by atoms with Gasteiger partial charge in [0.15, 0.2) is 11.6 Å². The number of nitrogens with zero attached hydrogens (tertiary/aromatic N) is 1. The van der Waals surface area contributed by atoms with Crippen LogP contribution in [0.2, 0.25) is 0 Å². The lowest BCUT2D eigenvalue weighted by molar-refractivity contribution is 0.447. The summed E-state index contributed by atoms with van der Waals surface area (Å²) in [7, 11) is 0. The predicted octanol–water partition coefficient (Wildman–Crippen LogP) is 3.04. The van der Waals surface area contributed by atoms with E-state index in [-0.39, 0.29) is 11.8 Å². The molecule has 3 nitrogen and oxygen atoms in total. The van der Waals surface area contributed by atoms with Crippen molar-refractivity contribution in [3.63, 3.8) is 0 Å². The molecular formula is C14H14F2N2O. The summed E-state index contributed by atoms with van der Waals surface area (Å²) in [6.45, 7) is 1.91. The Bertz CT molecular complexity index is 556. The number of aromatic nitrogens is 1. The Morgan fingerprint density at radius 3 is 2.58 bits per heavy atom. The van der Waals surface area contributed by atoms with E-state index in [1.165, 1.54) is 6.07 Å². The number of benzene rings is 1. The Kier molecular flexibility index (Phi) is 4.06. The van der Waals surface area contributed by atoms with Crippen molar-refractivity contribution in [1.29, 1.82) is 0 Å². The van der Waals surface area contributed by atoms with Crippen molar-refractivity contribution < 1.29 is 13.5 Å². The zero-order valence-corrected chi connectivity index (χ0v) is 10.4. The number of nitrogens with two attached hydrogens (primary N) is 1. The highest BCUT2D eigenvalue weighted by Gasteiger charge is 2.05. The molecule has 0 spiro atoms. The molecular weight excluding hydrogens is 250 g/mol. The molecule has 2 aromatic rings. The standard InChI is InChI=1S/C14H14F2N2O/c1-9(17)6-10-2-5-14(18-8-10)19-11-3-4-12(15)13(16)7-11/h2-5,7-9H,6,17H2,1H3.